The first kappa shape index (κ1) is 14.2. The van der Waals surface area contributed by atoms with E-state index in [0.29, 0.717) is 0 Å². The van der Waals surface area contributed by atoms with Crippen molar-refractivity contribution in [1.82, 2.24) is 4.90 Å². The minimum atomic E-state index is -1.21. The van der Waals surface area contributed by atoms with Gasteiger partial charge in [-0.15, -0.1) is 0 Å². The molecule has 1 aliphatic heterocycles. The van der Waals surface area contributed by atoms with Crippen LogP contribution in [-0.4, -0.2) is 42.3 Å². The molecule has 0 saturated heterocycles. The summed E-state index contributed by atoms with van der Waals surface area (Å²) < 4.78 is 32.8. The number of ether oxygens (including phenoxy) is 1. The van der Waals surface area contributed by atoms with E-state index >= 15 is 0 Å². The Hall–Kier alpha value is -1.73. The van der Waals surface area contributed by atoms with Crippen molar-refractivity contribution < 1.29 is 23.4 Å². The number of nitrogen functional groups attached to an aromatic ring is 1. The van der Waals surface area contributed by atoms with E-state index in [1.54, 1.807) is 0 Å². The van der Waals surface area contributed by atoms with Crippen LogP contribution in [0.1, 0.15) is 23.8 Å². The number of hydrogen-bond acceptors (Lipinski definition) is 5. The number of fused-ring (bicyclic) bond motifs is 2. The molecule has 2 unspecified atom stereocenters. The highest BCUT2D eigenvalue weighted by Gasteiger charge is 2.62. The Morgan fingerprint density at radius 2 is 2.29 bits per heavy atom. The number of anilines is 1. The number of rotatable bonds is 2. The molecule has 114 valence electrons. The van der Waals surface area contributed by atoms with Gasteiger partial charge in [0.05, 0.1) is 19.3 Å². The normalized spacial score (nSPS) is 31.0. The average molecular weight is 298 g/mol. The molecule has 0 amide bonds. The standard InChI is InChI=1S/C14H16F2N2O3/c1-21-10(19)5-18-6-14(4-9(14)15)11-7(13(18)20)2-3-8(17)12(11)16/h2-3,9,13,20H,4-6,17H2,1H3/t9?,13?,14-/m1/s1. The fourth-order valence-corrected chi connectivity index (χ4v) is 3.11. The molecule has 21 heavy (non-hydrogen) atoms. The Bertz CT molecular complexity index is 610. The van der Waals surface area contributed by atoms with Gasteiger partial charge in [-0.3, -0.25) is 9.69 Å². The van der Waals surface area contributed by atoms with Crippen LogP contribution in [0.2, 0.25) is 0 Å². The monoisotopic (exact) mass is 298 g/mol. The van der Waals surface area contributed by atoms with E-state index in [2.05, 4.69) is 4.74 Å². The maximum absolute atomic E-state index is 14.3. The number of nitrogens with zero attached hydrogens (tertiary/aromatic N) is 1. The van der Waals surface area contributed by atoms with Gasteiger partial charge in [-0.05, 0) is 12.5 Å². The number of esters is 1. The van der Waals surface area contributed by atoms with Crippen molar-refractivity contribution in [3.8, 4) is 0 Å². The average Bonchev–Trinajstić information content (AvgIpc) is 3.09. The summed E-state index contributed by atoms with van der Waals surface area (Å²) in [6.45, 7) is -0.130. The second-order valence-corrected chi connectivity index (χ2v) is 5.62. The lowest BCUT2D eigenvalue weighted by atomic mass is 9.84. The minimum absolute atomic E-state index is 0.0534. The van der Waals surface area contributed by atoms with Crippen LogP contribution in [0.4, 0.5) is 14.5 Å². The molecule has 0 bridgehead atoms. The number of carbonyl (C=O) groups excluding carboxylic acids is 1. The number of halogens is 2. The van der Waals surface area contributed by atoms with Gasteiger partial charge in [0.1, 0.15) is 18.2 Å². The van der Waals surface area contributed by atoms with Crippen LogP contribution in [0.25, 0.3) is 0 Å². The van der Waals surface area contributed by atoms with Gasteiger partial charge in [0.15, 0.2) is 0 Å². The highest BCUT2D eigenvalue weighted by molar-refractivity contribution is 5.71. The first-order chi connectivity index (χ1) is 9.90. The number of alkyl halides is 1. The Kier molecular flexibility index (Phi) is 3.14. The van der Waals surface area contributed by atoms with Gasteiger partial charge in [0.2, 0.25) is 0 Å². The van der Waals surface area contributed by atoms with Crippen molar-refractivity contribution in [3.63, 3.8) is 0 Å². The third-order valence-electron chi connectivity index (χ3n) is 4.35. The molecule has 3 N–H and O–H groups in total. The molecule has 0 radical (unpaired) electrons. The van der Waals surface area contributed by atoms with Crippen LogP contribution in [0.3, 0.4) is 0 Å². The molecule has 2 aliphatic rings. The number of methoxy groups -OCH3 is 1. The van der Waals surface area contributed by atoms with Crippen LogP contribution in [0.15, 0.2) is 12.1 Å². The fraction of sp³-hybridized carbons (Fsp3) is 0.500. The SMILES string of the molecule is COC(=O)CN1C[C@@]2(CC2F)c2c(ccc(N)c2F)C1O. The molecule has 1 aliphatic carbocycles. The van der Waals surface area contributed by atoms with Crippen molar-refractivity contribution in [1.29, 1.82) is 0 Å². The van der Waals surface area contributed by atoms with Gasteiger partial charge in [0, 0.05) is 23.1 Å². The zero-order valence-electron chi connectivity index (χ0n) is 11.5. The summed E-state index contributed by atoms with van der Waals surface area (Å²) in [5.74, 6) is -1.22. The summed E-state index contributed by atoms with van der Waals surface area (Å²) in [5, 5.41) is 10.3. The summed E-state index contributed by atoms with van der Waals surface area (Å²) in [7, 11) is 1.23. The number of nitrogens with two attached hydrogens (primary N) is 1. The zero-order chi connectivity index (χ0) is 15.4. The number of carbonyl (C=O) groups is 1. The van der Waals surface area contributed by atoms with Gasteiger partial charge >= 0.3 is 5.97 Å². The Labute approximate surface area is 120 Å². The van der Waals surface area contributed by atoms with E-state index in [4.69, 9.17) is 5.73 Å². The van der Waals surface area contributed by atoms with Gasteiger partial charge < -0.3 is 15.6 Å². The molecule has 7 heteroatoms. The van der Waals surface area contributed by atoms with Crippen molar-refractivity contribution >= 4 is 11.7 Å². The third-order valence-corrected chi connectivity index (χ3v) is 4.35. The first-order valence-electron chi connectivity index (χ1n) is 6.62. The van der Waals surface area contributed by atoms with E-state index in [9.17, 15) is 18.7 Å². The number of aliphatic hydroxyl groups is 1. The second-order valence-electron chi connectivity index (χ2n) is 5.62. The largest absolute Gasteiger partial charge is 0.468 e. The van der Waals surface area contributed by atoms with Crippen molar-refractivity contribution in [2.24, 2.45) is 0 Å². The lowest BCUT2D eigenvalue weighted by Gasteiger charge is -2.38. The van der Waals surface area contributed by atoms with Gasteiger partial charge in [-0.2, -0.15) is 0 Å². The van der Waals surface area contributed by atoms with E-state index in [1.807, 2.05) is 0 Å². The van der Waals surface area contributed by atoms with Crippen LogP contribution in [0, 0.1) is 5.82 Å². The fourth-order valence-electron chi connectivity index (χ4n) is 3.11. The highest BCUT2D eigenvalue weighted by Crippen LogP contribution is 2.57. The molecule has 1 saturated carbocycles. The van der Waals surface area contributed by atoms with Crippen molar-refractivity contribution in [2.45, 2.75) is 24.2 Å². The Morgan fingerprint density at radius 1 is 1.62 bits per heavy atom. The molecule has 1 fully saturated rings. The number of aliphatic hydroxyl groups excluding tert-OH is 1. The Morgan fingerprint density at radius 3 is 2.86 bits per heavy atom. The molecule has 5 nitrogen and oxygen atoms in total. The first-order valence-corrected chi connectivity index (χ1v) is 6.62. The molecular weight excluding hydrogens is 282 g/mol. The van der Waals surface area contributed by atoms with Crippen LogP contribution < -0.4 is 5.73 Å². The molecule has 3 rings (SSSR count). The van der Waals surface area contributed by atoms with Crippen LogP contribution in [-0.2, 0) is 14.9 Å². The molecule has 3 atom stereocenters. The van der Waals surface area contributed by atoms with E-state index < -0.39 is 29.6 Å². The topological polar surface area (TPSA) is 75.8 Å². The lowest BCUT2D eigenvalue weighted by molar-refractivity contribution is -0.146. The van der Waals surface area contributed by atoms with Gasteiger partial charge in [-0.1, -0.05) is 6.07 Å². The summed E-state index contributed by atoms with van der Waals surface area (Å²) in [4.78, 5) is 12.8. The maximum atomic E-state index is 14.3. The number of hydrogen-bond donors (Lipinski definition) is 2. The Balaban J connectivity index is 2.05. The smallest absolute Gasteiger partial charge is 0.319 e. The number of benzene rings is 1. The maximum Gasteiger partial charge on any atom is 0.319 e. The highest BCUT2D eigenvalue weighted by atomic mass is 19.1. The second kappa shape index (κ2) is 4.64. The molecular formula is C14H16F2N2O3. The molecule has 1 aromatic carbocycles. The van der Waals surface area contributed by atoms with E-state index in [1.165, 1.54) is 24.1 Å². The third kappa shape index (κ3) is 1.99. The zero-order valence-corrected chi connectivity index (χ0v) is 11.5. The van der Waals surface area contributed by atoms with Gasteiger partial charge in [-0.25, -0.2) is 8.78 Å². The molecule has 0 aromatic heterocycles. The van der Waals surface area contributed by atoms with Crippen molar-refractivity contribution in [2.75, 3.05) is 25.9 Å². The van der Waals surface area contributed by atoms with Crippen molar-refractivity contribution in [3.05, 3.63) is 29.1 Å². The van der Waals surface area contributed by atoms with Gasteiger partial charge in [0.25, 0.3) is 0 Å². The molecule has 1 aromatic rings. The predicted octanol–water partition coefficient (Wildman–Crippen LogP) is 0.867. The molecule has 1 heterocycles. The summed E-state index contributed by atoms with van der Waals surface area (Å²) >= 11 is 0. The van der Waals surface area contributed by atoms with Crippen LogP contribution >= 0.6 is 0 Å². The summed E-state index contributed by atoms with van der Waals surface area (Å²) in [6, 6.07) is 2.82. The molecule has 1 spiro atoms. The lowest BCUT2D eigenvalue weighted by Crippen LogP contribution is -2.45. The van der Waals surface area contributed by atoms with Crippen LogP contribution in [0.5, 0.6) is 0 Å². The predicted molar refractivity (Wildman–Crippen MR) is 70.6 cm³/mol. The quantitative estimate of drug-likeness (QED) is 0.626. The summed E-state index contributed by atoms with van der Waals surface area (Å²) in [5.41, 5.74) is 4.86. The van der Waals surface area contributed by atoms with E-state index in [-0.39, 0.29) is 36.3 Å². The summed E-state index contributed by atoms with van der Waals surface area (Å²) in [6.07, 6.45) is -2.24. The van der Waals surface area contributed by atoms with E-state index in [0.717, 1.165) is 0 Å². The minimum Gasteiger partial charge on any atom is -0.468 e.